The zero-order valence-corrected chi connectivity index (χ0v) is 43.2. The SMILES string of the molecule is CCCCCCCC/C=C\CCCCCC(=O)OC(CCCCCCCCC/C=C/CCCCCCCC)CC(=O)NC(CO)C(O)CCCCCCCCCCCCCCCCC. The number of carbonyl (C=O) groups is 2. The Labute approximate surface area is 399 Å². The Morgan fingerprint density at radius 1 is 0.438 bits per heavy atom. The molecule has 0 radical (unpaired) electrons. The highest BCUT2D eigenvalue weighted by atomic mass is 16.5. The molecule has 0 aromatic heterocycles. The standard InChI is InChI=1S/C58H111NO5/c1-4-7-10-13-16-19-22-25-27-28-30-32-34-37-40-43-46-49-54(64-58(63)51-48-45-42-39-36-31-24-21-18-15-12-9-6-3)52-57(62)59-55(53-60)56(61)50-47-44-41-38-35-33-29-26-23-20-17-14-11-8-5-2/h25,27,31,36,54-56,60-61H,4-24,26,28-30,32-35,37-53H2,1-3H3,(H,59,62)/b27-25+,36-31-. The van der Waals surface area contributed by atoms with Crippen molar-refractivity contribution in [1.29, 1.82) is 0 Å². The Hall–Kier alpha value is -1.66. The van der Waals surface area contributed by atoms with Gasteiger partial charge in [-0.3, -0.25) is 9.59 Å². The molecule has 0 saturated carbocycles. The monoisotopic (exact) mass is 902 g/mol. The lowest BCUT2D eigenvalue weighted by molar-refractivity contribution is -0.151. The van der Waals surface area contributed by atoms with Gasteiger partial charge in [0, 0.05) is 6.42 Å². The van der Waals surface area contributed by atoms with Crippen molar-refractivity contribution in [3.8, 4) is 0 Å². The quantitative estimate of drug-likeness (QED) is 0.0321. The van der Waals surface area contributed by atoms with E-state index < -0.39 is 18.2 Å². The minimum atomic E-state index is -0.788. The van der Waals surface area contributed by atoms with E-state index >= 15 is 0 Å². The van der Waals surface area contributed by atoms with Crippen LogP contribution in [0.15, 0.2) is 24.3 Å². The summed E-state index contributed by atoms with van der Waals surface area (Å²) in [5.74, 6) is -0.481. The fourth-order valence-corrected chi connectivity index (χ4v) is 8.89. The van der Waals surface area contributed by atoms with Crippen LogP contribution >= 0.6 is 0 Å². The largest absolute Gasteiger partial charge is 0.462 e. The van der Waals surface area contributed by atoms with Gasteiger partial charge in [-0.05, 0) is 77.0 Å². The summed E-state index contributed by atoms with van der Waals surface area (Å²) in [6.07, 6.45) is 61.0. The summed E-state index contributed by atoms with van der Waals surface area (Å²) in [4.78, 5) is 26.2. The van der Waals surface area contributed by atoms with Crippen LogP contribution in [0.1, 0.15) is 310 Å². The molecule has 0 rings (SSSR count). The molecule has 0 aliphatic carbocycles. The third-order valence-electron chi connectivity index (χ3n) is 13.3. The smallest absolute Gasteiger partial charge is 0.306 e. The van der Waals surface area contributed by atoms with Crippen molar-refractivity contribution >= 4 is 11.9 Å². The zero-order valence-electron chi connectivity index (χ0n) is 43.2. The van der Waals surface area contributed by atoms with Crippen LogP contribution in [0.2, 0.25) is 0 Å². The van der Waals surface area contributed by atoms with Gasteiger partial charge < -0.3 is 20.3 Å². The molecule has 1 amide bonds. The molecule has 3 unspecified atom stereocenters. The first kappa shape index (κ1) is 62.3. The first-order chi connectivity index (χ1) is 31.5. The number of aliphatic hydroxyl groups excluding tert-OH is 2. The molecule has 0 heterocycles. The number of amides is 1. The number of hydrogen-bond acceptors (Lipinski definition) is 5. The van der Waals surface area contributed by atoms with E-state index in [1.54, 1.807) is 0 Å². The van der Waals surface area contributed by atoms with Gasteiger partial charge in [0.25, 0.3) is 0 Å². The number of esters is 1. The second kappa shape index (κ2) is 52.3. The summed E-state index contributed by atoms with van der Waals surface area (Å²) in [7, 11) is 0. The molecular weight excluding hydrogens is 791 g/mol. The van der Waals surface area contributed by atoms with Crippen LogP contribution in [0.4, 0.5) is 0 Å². The van der Waals surface area contributed by atoms with Crippen molar-refractivity contribution in [2.45, 2.75) is 328 Å². The van der Waals surface area contributed by atoms with E-state index in [1.807, 2.05) is 0 Å². The second-order valence-electron chi connectivity index (χ2n) is 19.7. The van der Waals surface area contributed by atoms with E-state index in [1.165, 1.54) is 205 Å². The van der Waals surface area contributed by atoms with E-state index in [0.29, 0.717) is 19.3 Å². The lowest BCUT2D eigenvalue weighted by Crippen LogP contribution is -2.46. The van der Waals surface area contributed by atoms with E-state index in [4.69, 9.17) is 4.74 Å². The molecule has 0 aliphatic heterocycles. The van der Waals surface area contributed by atoms with Gasteiger partial charge in [-0.1, -0.05) is 244 Å². The Bertz CT molecular complexity index is 1010. The van der Waals surface area contributed by atoms with E-state index in [2.05, 4.69) is 50.4 Å². The molecule has 0 aromatic carbocycles. The summed E-state index contributed by atoms with van der Waals surface area (Å²) in [6, 6.07) is -0.703. The number of rotatable bonds is 52. The predicted molar refractivity (Wildman–Crippen MR) is 278 cm³/mol. The fourth-order valence-electron chi connectivity index (χ4n) is 8.89. The third-order valence-corrected chi connectivity index (χ3v) is 13.3. The van der Waals surface area contributed by atoms with E-state index in [0.717, 1.165) is 57.8 Å². The van der Waals surface area contributed by atoms with Crippen molar-refractivity contribution in [3.05, 3.63) is 24.3 Å². The van der Waals surface area contributed by atoms with Crippen LogP contribution in [0.5, 0.6) is 0 Å². The zero-order chi connectivity index (χ0) is 46.7. The van der Waals surface area contributed by atoms with Gasteiger partial charge in [0.1, 0.15) is 6.10 Å². The Morgan fingerprint density at radius 3 is 1.11 bits per heavy atom. The van der Waals surface area contributed by atoms with Crippen LogP contribution in [0, 0.1) is 0 Å². The van der Waals surface area contributed by atoms with Crippen LogP contribution in [0.3, 0.4) is 0 Å². The Balaban J connectivity index is 4.55. The van der Waals surface area contributed by atoms with Crippen LogP contribution < -0.4 is 5.32 Å². The third kappa shape index (κ3) is 46.9. The van der Waals surface area contributed by atoms with Gasteiger partial charge in [0.2, 0.25) is 5.91 Å². The highest BCUT2D eigenvalue weighted by Gasteiger charge is 2.24. The van der Waals surface area contributed by atoms with E-state index in [-0.39, 0.29) is 24.9 Å². The van der Waals surface area contributed by atoms with Gasteiger partial charge >= 0.3 is 5.97 Å². The Kier molecular flexibility index (Phi) is 51.0. The first-order valence-electron chi connectivity index (χ1n) is 28.6. The predicted octanol–water partition coefficient (Wildman–Crippen LogP) is 17.5. The summed E-state index contributed by atoms with van der Waals surface area (Å²) < 4.78 is 5.95. The van der Waals surface area contributed by atoms with Crippen molar-refractivity contribution in [2.24, 2.45) is 0 Å². The number of hydrogen-bond donors (Lipinski definition) is 3. The molecule has 0 saturated heterocycles. The lowest BCUT2D eigenvalue weighted by Gasteiger charge is -2.24. The van der Waals surface area contributed by atoms with Crippen LogP contribution in [-0.2, 0) is 14.3 Å². The maximum atomic E-state index is 13.3. The number of unbranched alkanes of at least 4 members (excludes halogenated alkanes) is 36. The summed E-state index contributed by atoms with van der Waals surface area (Å²) in [5, 5.41) is 23.9. The molecule has 6 nitrogen and oxygen atoms in total. The molecule has 3 N–H and O–H groups in total. The van der Waals surface area contributed by atoms with Gasteiger partial charge in [0.15, 0.2) is 0 Å². The van der Waals surface area contributed by atoms with Crippen molar-refractivity contribution in [1.82, 2.24) is 5.32 Å². The molecule has 6 heteroatoms. The summed E-state index contributed by atoms with van der Waals surface area (Å²) in [5.41, 5.74) is 0. The average Bonchev–Trinajstić information content (AvgIpc) is 3.29. The number of ether oxygens (including phenoxy) is 1. The van der Waals surface area contributed by atoms with Gasteiger partial charge in [-0.15, -0.1) is 0 Å². The van der Waals surface area contributed by atoms with Gasteiger partial charge in [0.05, 0.1) is 25.2 Å². The molecule has 64 heavy (non-hydrogen) atoms. The number of nitrogens with one attached hydrogen (secondary N) is 1. The summed E-state index contributed by atoms with van der Waals surface area (Å²) in [6.45, 7) is 6.50. The highest BCUT2D eigenvalue weighted by molar-refractivity contribution is 5.77. The Morgan fingerprint density at radius 2 is 0.750 bits per heavy atom. The van der Waals surface area contributed by atoms with Crippen molar-refractivity contribution < 1.29 is 24.5 Å². The molecule has 378 valence electrons. The molecule has 0 fully saturated rings. The second-order valence-corrected chi connectivity index (χ2v) is 19.7. The van der Waals surface area contributed by atoms with Gasteiger partial charge in [-0.25, -0.2) is 0 Å². The van der Waals surface area contributed by atoms with Crippen LogP contribution in [-0.4, -0.2) is 46.9 Å². The lowest BCUT2D eigenvalue weighted by atomic mass is 10.0. The topological polar surface area (TPSA) is 95.9 Å². The van der Waals surface area contributed by atoms with Crippen LogP contribution in [0.25, 0.3) is 0 Å². The molecule has 0 spiro atoms. The first-order valence-corrected chi connectivity index (χ1v) is 28.6. The minimum absolute atomic E-state index is 0.0731. The number of allylic oxidation sites excluding steroid dienone is 4. The molecule has 3 atom stereocenters. The molecule has 0 bridgehead atoms. The van der Waals surface area contributed by atoms with E-state index in [9.17, 15) is 19.8 Å². The van der Waals surface area contributed by atoms with Crippen molar-refractivity contribution in [3.63, 3.8) is 0 Å². The number of carbonyl (C=O) groups excluding carboxylic acids is 2. The van der Waals surface area contributed by atoms with Crippen molar-refractivity contribution in [2.75, 3.05) is 6.61 Å². The average molecular weight is 903 g/mol. The number of aliphatic hydroxyl groups is 2. The molecular formula is C58H111NO5. The minimum Gasteiger partial charge on any atom is -0.462 e. The maximum absolute atomic E-state index is 13.3. The molecule has 0 aliphatic rings. The summed E-state index contributed by atoms with van der Waals surface area (Å²) >= 11 is 0. The normalized spacial score (nSPS) is 13.3. The highest BCUT2D eigenvalue weighted by Crippen LogP contribution is 2.18. The fraction of sp³-hybridized carbons (Fsp3) is 0.897. The molecule has 0 aromatic rings. The maximum Gasteiger partial charge on any atom is 0.306 e. The van der Waals surface area contributed by atoms with Gasteiger partial charge in [-0.2, -0.15) is 0 Å².